The lowest BCUT2D eigenvalue weighted by Gasteiger charge is -2.35. The van der Waals surface area contributed by atoms with E-state index in [1.54, 1.807) is 18.2 Å². The van der Waals surface area contributed by atoms with Crippen LogP contribution in [0.5, 0.6) is 5.75 Å². The van der Waals surface area contributed by atoms with Crippen molar-refractivity contribution in [2.45, 2.75) is 18.6 Å². The van der Waals surface area contributed by atoms with Gasteiger partial charge in [0.1, 0.15) is 5.75 Å². The van der Waals surface area contributed by atoms with Gasteiger partial charge in [-0.15, -0.1) is 23.7 Å². The monoisotopic (exact) mass is 444 g/mol. The highest BCUT2D eigenvalue weighted by Crippen LogP contribution is 2.41. The summed E-state index contributed by atoms with van der Waals surface area (Å²) in [6.45, 7) is 2.84. The van der Waals surface area contributed by atoms with Crippen LogP contribution in [-0.4, -0.2) is 43.6 Å². The number of nitrogens with zero attached hydrogens (tertiary/aromatic N) is 1. The smallest absolute Gasteiger partial charge is 0.428 e. The molecular weight excluding hydrogens is 427 g/mol. The number of nitrogens with one attached hydrogen (secondary N) is 1. The van der Waals surface area contributed by atoms with Crippen LogP contribution in [0.4, 0.5) is 17.6 Å². The zero-order valence-corrected chi connectivity index (χ0v) is 16.4. The lowest BCUT2D eigenvalue weighted by atomic mass is 10.0. The van der Waals surface area contributed by atoms with E-state index in [1.807, 2.05) is 6.07 Å². The van der Waals surface area contributed by atoms with Crippen LogP contribution in [0.25, 0.3) is 0 Å². The fraction of sp³-hybridized carbons (Fsp3) is 0.412. The largest absolute Gasteiger partial charge is 0.461 e. The zero-order valence-electron chi connectivity index (χ0n) is 14.0. The predicted octanol–water partition coefficient (Wildman–Crippen LogP) is 5.05. The van der Waals surface area contributed by atoms with Crippen molar-refractivity contribution in [2.24, 2.45) is 0 Å². The summed E-state index contributed by atoms with van der Waals surface area (Å²) in [5.41, 5.74) is 0.410. The summed E-state index contributed by atoms with van der Waals surface area (Å²) in [5.74, 6) is -0.258. The standard InChI is InChI=1S/C17H17ClF4N2OS.ClH/c18-14-6-5-13(26-14)15(24-9-7-23-8-10-24)11-3-1-2-4-12(11)25-17(21,22)16(19)20;/h1-6,15-16,23H,7-10H2;1H/t15-;/m0./s1. The number of rotatable bonds is 6. The fourth-order valence-electron chi connectivity index (χ4n) is 2.94. The van der Waals surface area contributed by atoms with Crippen LogP contribution in [0, 0.1) is 0 Å². The van der Waals surface area contributed by atoms with Crippen LogP contribution < -0.4 is 10.1 Å². The summed E-state index contributed by atoms with van der Waals surface area (Å²) < 4.78 is 57.2. The molecule has 3 nitrogen and oxygen atoms in total. The Morgan fingerprint density at radius 1 is 1.11 bits per heavy atom. The molecule has 1 aliphatic rings. The second kappa shape index (κ2) is 9.43. The van der Waals surface area contributed by atoms with E-state index in [2.05, 4.69) is 15.0 Å². The van der Waals surface area contributed by atoms with Gasteiger partial charge in [-0.25, -0.2) is 0 Å². The third-order valence-electron chi connectivity index (χ3n) is 4.09. The Bertz CT molecular complexity index is 741. The molecule has 0 amide bonds. The normalized spacial score (nSPS) is 16.8. The van der Waals surface area contributed by atoms with Gasteiger partial charge in [0.05, 0.1) is 10.4 Å². The van der Waals surface area contributed by atoms with Gasteiger partial charge in [0.25, 0.3) is 0 Å². The lowest BCUT2D eigenvalue weighted by Crippen LogP contribution is -2.45. The molecule has 10 heteroatoms. The maximum atomic E-state index is 13.5. The quantitative estimate of drug-likeness (QED) is 0.630. The van der Waals surface area contributed by atoms with Crippen LogP contribution in [0.1, 0.15) is 16.5 Å². The molecule has 1 aliphatic heterocycles. The molecule has 1 aromatic carbocycles. The van der Waals surface area contributed by atoms with E-state index >= 15 is 0 Å². The fourth-order valence-corrected chi connectivity index (χ4v) is 4.15. The van der Waals surface area contributed by atoms with Gasteiger partial charge in [0, 0.05) is 36.6 Å². The number of para-hydroxylation sites is 1. The maximum absolute atomic E-state index is 13.5. The number of hydrogen-bond donors (Lipinski definition) is 1. The first kappa shape index (κ1) is 22.2. The van der Waals surface area contributed by atoms with Crippen molar-refractivity contribution in [1.82, 2.24) is 10.2 Å². The Morgan fingerprint density at radius 3 is 2.37 bits per heavy atom. The average molecular weight is 445 g/mol. The number of halogens is 6. The van der Waals surface area contributed by atoms with Gasteiger partial charge in [-0.05, 0) is 18.2 Å². The van der Waals surface area contributed by atoms with E-state index in [0.717, 1.165) is 18.0 Å². The first-order valence-electron chi connectivity index (χ1n) is 8.02. The molecule has 1 atom stereocenters. The Kier molecular flexibility index (Phi) is 7.76. The van der Waals surface area contributed by atoms with E-state index in [9.17, 15) is 17.6 Å². The minimum atomic E-state index is -4.56. The molecule has 0 aliphatic carbocycles. The number of piperazine rings is 1. The lowest BCUT2D eigenvalue weighted by molar-refractivity contribution is -0.253. The molecule has 2 aromatic rings. The third-order valence-corrected chi connectivity index (χ3v) is 5.38. The highest BCUT2D eigenvalue weighted by Gasteiger charge is 2.45. The Labute approximate surface area is 169 Å². The van der Waals surface area contributed by atoms with Crippen LogP contribution in [0.2, 0.25) is 4.34 Å². The first-order chi connectivity index (χ1) is 12.4. The molecule has 1 fully saturated rings. The molecule has 0 radical (unpaired) electrons. The number of hydrogen-bond acceptors (Lipinski definition) is 4. The Morgan fingerprint density at radius 2 is 1.78 bits per heavy atom. The van der Waals surface area contributed by atoms with Crippen LogP contribution in [0.3, 0.4) is 0 Å². The molecule has 27 heavy (non-hydrogen) atoms. The van der Waals surface area contributed by atoms with Crippen molar-refractivity contribution < 1.29 is 22.3 Å². The number of thiophene rings is 1. The SMILES string of the molecule is Cl.FC(F)C(F)(F)Oc1ccccc1[C@@H](c1ccc(Cl)s1)N1CCNCC1. The highest BCUT2D eigenvalue weighted by atomic mass is 35.5. The second-order valence-corrected chi connectivity index (χ2v) is 7.58. The van der Waals surface area contributed by atoms with Crippen molar-refractivity contribution in [3.05, 3.63) is 51.2 Å². The van der Waals surface area contributed by atoms with E-state index in [0.29, 0.717) is 23.0 Å². The molecule has 0 bridgehead atoms. The summed E-state index contributed by atoms with van der Waals surface area (Å²) >= 11 is 7.39. The predicted molar refractivity (Wildman–Crippen MR) is 101 cm³/mol. The summed E-state index contributed by atoms with van der Waals surface area (Å²) in [7, 11) is 0. The van der Waals surface area contributed by atoms with Gasteiger partial charge in [0.2, 0.25) is 0 Å². The van der Waals surface area contributed by atoms with Crippen molar-refractivity contribution in [3.63, 3.8) is 0 Å². The van der Waals surface area contributed by atoms with Crippen LogP contribution >= 0.6 is 35.3 Å². The molecule has 3 rings (SSSR count). The van der Waals surface area contributed by atoms with Crippen LogP contribution in [0.15, 0.2) is 36.4 Å². The van der Waals surface area contributed by atoms with Gasteiger partial charge >= 0.3 is 12.5 Å². The maximum Gasteiger partial charge on any atom is 0.461 e. The van der Waals surface area contributed by atoms with Crippen molar-refractivity contribution >= 4 is 35.3 Å². The Balaban J connectivity index is 0.00000261. The van der Waals surface area contributed by atoms with E-state index < -0.39 is 18.6 Å². The third kappa shape index (κ3) is 5.26. The van der Waals surface area contributed by atoms with Gasteiger partial charge in [-0.1, -0.05) is 29.8 Å². The van der Waals surface area contributed by atoms with Crippen molar-refractivity contribution in [2.75, 3.05) is 26.2 Å². The molecule has 1 N–H and O–H groups in total. The molecule has 0 spiro atoms. The second-order valence-electron chi connectivity index (χ2n) is 5.83. The average Bonchev–Trinajstić information content (AvgIpc) is 3.03. The molecule has 150 valence electrons. The summed E-state index contributed by atoms with van der Waals surface area (Å²) in [4.78, 5) is 2.94. The van der Waals surface area contributed by atoms with Crippen molar-refractivity contribution in [3.8, 4) is 5.75 Å². The molecule has 1 saturated heterocycles. The van der Waals surface area contributed by atoms with Gasteiger partial charge in [-0.2, -0.15) is 17.6 Å². The van der Waals surface area contributed by atoms with Gasteiger partial charge in [-0.3, -0.25) is 4.90 Å². The number of alkyl halides is 4. The van der Waals surface area contributed by atoms with E-state index in [1.165, 1.54) is 23.5 Å². The summed E-state index contributed by atoms with van der Waals surface area (Å²) in [6, 6.07) is 9.21. The molecule has 0 unspecified atom stereocenters. The molecular formula is C17H18Cl2F4N2OS. The molecule has 2 heterocycles. The van der Waals surface area contributed by atoms with E-state index in [4.69, 9.17) is 11.6 Å². The zero-order chi connectivity index (χ0) is 18.7. The number of ether oxygens (including phenoxy) is 1. The highest BCUT2D eigenvalue weighted by molar-refractivity contribution is 7.16. The Hall–Kier alpha value is -1.06. The molecule has 1 aromatic heterocycles. The number of benzene rings is 1. The first-order valence-corrected chi connectivity index (χ1v) is 9.22. The van der Waals surface area contributed by atoms with Gasteiger partial charge < -0.3 is 10.1 Å². The van der Waals surface area contributed by atoms with Crippen molar-refractivity contribution in [1.29, 1.82) is 0 Å². The molecule has 0 saturated carbocycles. The minimum absolute atomic E-state index is 0. The van der Waals surface area contributed by atoms with Crippen LogP contribution in [-0.2, 0) is 0 Å². The van der Waals surface area contributed by atoms with E-state index in [-0.39, 0.29) is 18.2 Å². The van der Waals surface area contributed by atoms with Gasteiger partial charge in [0.15, 0.2) is 0 Å². The minimum Gasteiger partial charge on any atom is -0.428 e. The summed E-state index contributed by atoms with van der Waals surface area (Å²) in [6.07, 6.45) is -8.47. The summed E-state index contributed by atoms with van der Waals surface area (Å²) in [5, 5.41) is 3.23. The topological polar surface area (TPSA) is 24.5 Å².